The zero-order valence-electron chi connectivity index (χ0n) is 14.4. The minimum absolute atomic E-state index is 0.311. The largest absolute Gasteiger partial charge is 0.396 e. The number of aliphatic hydroxyl groups is 1. The molecule has 0 aliphatic heterocycles. The number of aliphatic hydroxyl groups excluding tert-OH is 1. The number of nitrogens with two attached hydrogens (primary N) is 1. The molecule has 2 saturated carbocycles. The molecule has 3 nitrogen and oxygen atoms in total. The van der Waals surface area contributed by atoms with Crippen LogP contribution in [0, 0.1) is 17.3 Å². The van der Waals surface area contributed by atoms with Gasteiger partial charge in [0.05, 0.1) is 0 Å². The van der Waals surface area contributed by atoms with E-state index in [1.54, 1.807) is 0 Å². The van der Waals surface area contributed by atoms with E-state index in [2.05, 4.69) is 25.7 Å². The standard InChI is InChI=1S/C18H36N2O/c1-18(2,3)15-9-8-14(13-19)17(12-15)20(10-5-11-21)16-6-4-7-16/h14-17,21H,4-13,19H2,1-3H3. The Kier molecular flexibility index (Phi) is 6.10. The van der Waals surface area contributed by atoms with Gasteiger partial charge in [-0.3, -0.25) is 4.90 Å². The van der Waals surface area contributed by atoms with Gasteiger partial charge in [-0.1, -0.05) is 27.2 Å². The van der Waals surface area contributed by atoms with Gasteiger partial charge in [-0.2, -0.15) is 0 Å². The molecule has 3 N–H and O–H groups in total. The van der Waals surface area contributed by atoms with Gasteiger partial charge in [0.2, 0.25) is 0 Å². The number of rotatable bonds is 6. The van der Waals surface area contributed by atoms with Crippen molar-refractivity contribution in [1.29, 1.82) is 0 Å². The quantitative estimate of drug-likeness (QED) is 0.792. The lowest BCUT2D eigenvalue weighted by Gasteiger charge is -2.50. The Hall–Kier alpha value is -0.120. The third-order valence-corrected chi connectivity index (χ3v) is 6.03. The first-order valence-electron chi connectivity index (χ1n) is 9.04. The molecule has 3 heteroatoms. The molecular formula is C18H36N2O. The highest BCUT2D eigenvalue weighted by atomic mass is 16.3. The first-order chi connectivity index (χ1) is 9.97. The van der Waals surface area contributed by atoms with Crippen molar-refractivity contribution in [3.63, 3.8) is 0 Å². The zero-order valence-corrected chi connectivity index (χ0v) is 14.4. The van der Waals surface area contributed by atoms with Crippen LogP contribution in [0.15, 0.2) is 0 Å². The molecule has 0 heterocycles. The molecular weight excluding hydrogens is 260 g/mol. The second kappa shape index (κ2) is 7.43. The highest BCUT2D eigenvalue weighted by Gasteiger charge is 2.40. The number of hydrogen-bond acceptors (Lipinski definition) is 3. The van der Waals surface area contributed by atoms with Crippen LogP contribution in [0.25, 0.3) is 0 Å². The molecule has 0 spiro atoms. The summed E-state index contributed by atoms with van der Waals surface area (Å²) in [7, 11) is 0. The lowest BCUT2D eigenvalue weighted by molar-refractivity contribution is -0.00483. The Balaban J connectivity index is 2.08. The van der Waals surface area contributed by atoms with Crippen molar-refractivity contribution in [2.75, 3.05) is 19.7 Å². The lowest BCUT2D eigenvalue weighted by Crippen LogP contribution is -2.54. The van der Waals surface area contributed by atoms with Gasteiger partial charge >= 0.3 is 0 Å². The van der Waals surface area contributed by atoms with Crippen molar-refractivity contribution >= 4 is 0 Å². The van der Waals surface area contributed by atoms with Crippen LogP contribution in [-0.2, 0) is 0 Å². The molecule has 0 bridgehead atoms. The Morgan fingerprint density at radius 2 is 1.86 bits per heavy atom. The summed E-state index contributed by atoms with van der Waals surface area (Å²) in [6.07, 6.45) is 8.89. The van der Waals surface area contributed by atoms with Crippen LogP contribution >= 0.6 is 0 Å². The minimum Gasteiger partial charge on any atom is -0.396 e. The van der Waals surface area contributed by atoms with Crippen molar-refractivity contribution in [2.24, 2.45) is 23.0 Å². The van der Waals surface area contributed by atoms with Gasteiger partial charge in [-0.25, -0.2) is 0 Å². The van der Waals surface area contributed by atoms with E-state index in [1.165, 1.54) is 38.5 Å². The van der Waals surface area contributed by atoms with Crippen LogP contribution in [0.5, 0.6) is 0 Å². The zero-order chi connectivity index (χ0) is 15.5. The van der Waals surface area contributed by atoms with Crippen LogP contribution in [0.1, 0.15) is 65.7 Å². The van der Waals surface area contributed by atoms with Gasteiger partial charge in [0, 0.05) is 25.2 Å². The molecule has 0 saturated heterocycles. The molecule has 2 aliphatic carbocycles. The van der Waals surface area contributed by atoms with Gasteiger partial charge < -0.3 is 10.8 Å². The van der Waals surface area contributed by atoms with Crippen LogP contribution < -0.4 is 5.73 Å². The van der Waals surface area contributed by atoms with E-state index in [4.69, 9.17) is 5.73 Å². The molecule has 124 valence electrons. The molecule has 0 radical (unpaired) electrons. The first kappa shape index (κ1) is 17.2. The molecule has 0 amide bonds. The minimum atomic E-state index is 0.311. The summed E-state index contributed by atoms with van der Waals surface area (Å²) in [6.45, 7) is 9.35. The monoisotopic (exact) mass is 296 g/mol. The van der Waals surface area contributed by atoms with E-state index >= 15 is 0 Å². The summed E-state index contributed by atoms with van der Waals surface area (Å²) in [5, 5.41) is 9.24. The third kappa shape index (κ3) is 4.20. The van der Waals surface area contributed by atoms with Crippen molar-refractivity contribution in [2.45, 2.75) is 77.8 Å². The van der Waals surface area contributed by atoms with Crippen LogP contribution in [0.4, 0.5) is 0 Å². The summed E-state index contributed by atoms with van der Waals surface area (Å²) in [6, 6.07) is 1.40. The summed E-state index contributed by atoms with van der Waals surface area (Å²) < 4.78 is 0. The molecule has 2 fully saturated rings. The molecule has 3 atom stereocenters. The summed E-state index contributed by atoms with van der Waals surface area (Å²) >= 11 is 0. The SMILES string of the molecule is CC(C)(C)C1CCC(CN)C(N(CCCO)C2CCC2)C1. The van der Waals surface area contributed by atoms with Crippen molar-refractivity contribution in [3.8, 4) is 0 Å². The van der Waals surface area contributed by atoms with Gasteiger partial charge in [0.25, 0.3) is 0 Å². The molecule has 21 heavy (non-hydrogen) atoms. The highest BCUT2D eigenvalue weighted by Crippen LogP contribution is 2.43. The maximum Gasteiger partial charge on any atom is 0.0443 e. The average Bonchev–Trinajstić information content (AvgIpc) is 2.39. The number of hydrogen-bond donors (Lipinski definition) is 2. The van der Waals surface area contributed by atoms with Crippen molar-refractivity contribution in [1.82, 2.24) is 4.90 Å². The molecule has 0 aromatic carbocycles. The van der Waals surface area contributed by atoms with Crippen LogP contribution in [0.2, 0.25) is 0 Å². The smallest absolute Gasteiger partial charge is 0.0443 e. The summed E-state index contributed by atoms with van der Waals surface area (Å²) in [5.74, 6) is 1.46. The lowest BCUT2D eigenvalue weighted by atomic mass is 9.67. The predicted octanol–water partition coefficient (Wildman–Crippen LogP) is 3.01. The topological polar surface area (TPSA) is 49.5 Å². The van der Waals surface area contributed by atoms with Gasteiger partial charge in [0.15, 0.2) is 0 Å². The maximum absolute atomic E-state index is 9.24. The van der Waals surface area contributed by atoms with E-state index in [0.717, 1.165) is 31.5 Å². The predicted molar refractivity (Wildman–Crippen MR) is 89.2 cm³/mol. The van der Waals surface area contributed by atoms with E-state index in [0.29, 0.717) is 24.0 Å². The average molecular weight is 296 g/mol. The van der Waals surface area contributed by atoms with Crippen molar-refractivity contribution in [3.05, 3.63) is 0 Å². The maximum atomic E-state index is 9.24. The Bertz CT molecular complexity index is 309. The molecule has 2 aliphatic rings. The molecule has 3 unspecified atom stereocenters. The highest BCUT2D eigenvalue weighted by molar-refractivity contribution is 4.94. The van der Waals surface area contributed by atoms with Crippen LogP contribution in [-0.4, -0.2) is 41.8 Å². The fourth-order valence-corrected chi connectivity index (χ4v) is 4.27. The first-order valence-corrected chi connectivity index (χ1v) is 9.04. The van der Waals surface area contributed by atoms with E-state index in [-0.39, 0.29) is 0 Å². The van der Waals surface area contributed by atoms with Crippen LogP contribution in [0.3, 0.4) is 0 Å². The van der Waals surface area contributed by atoms with Crippen molar-refractivity contribution < 1.29 is 5.11 Å². The normalized spacial score (nSPS) is 31.4. The van der Waals surface area contributed by atoms with E-state index in [9.17, 15) is 5.11 Å². The Morgan fingerprint density at radius 1 is 1.14 bits per heavy atom. The van der Waals surface area contributed by atoms with Gasteiger partial charge in [-0.05, 0) is 62.3 Å². The number of nitrogens with zero attached hydrogens (tertiary/aromatic N) is 1. The second-order valence-corrected chi connectivity index (χ2v) is 8.34. The summed E-state index contributed by atoms with van der Waals surface area (Å²) in [4.78, 5) is 2.73. The third-order valence-electron chi connectivity index (χ3n) is 6.03. The molecule has 2 rings (SSSR count). The van der Waals surface area contributed by atoms with E-state index in [1.807, 2.05) is 0 Å². The second-order valence-electron chi connectivity index (χ2n) is 8.34. The molecule has 0 aromatic rings. The molecule has 0 aromatic heterocycles. The summed E-state index contributed by atoms with van der Waals surface area (Å²) in [5.41, 5.74) is 6.50. The Labute approximate surface area is 131 Å². The fraction of sp³-hybridized carbons (Fsp3) is 1.00. The van der Waals surface area contributed by atoms with Gasteiger partial charge in [-0.15, -0.1) is 0 Å². The Morgan fingerprint density at radius 3 is 2.33 bits per heavy atom. The van der Waals surface area contributed by atoms with E-state index < -0.39 is 0 Å². The fourth-order valence-electron chi connectivity index (χ4n) is 4.27. The van der Waals surface area contributed by atoms with Gasteiger partial charge in [0.1, 0.15) is 0 Å².